The van der Waals surface area contributed by atoms with Crippen LogP contribution in [0.1, 0.15) is 16.7 Å². The topological polar surface area (TPSA) is 49.2 Å². The zero-order valence-corrected chi connectivity index (χ0v) is 23.8. The summed E-state index contributed by atoms with van der Waals surface area (Å²) in [6.45, 7) is 13.9. The van der Waals surface area contributed by atoms with Gasteiger partial charge < -0.3 is 9.30 Å². The number of rotatable bonds is 5. The predicted octanol–water partition coefficient (Wildman–Crippen LogP) is 9.44. The third kappa shape index (κ3) is 4.69. The molecule has 0 aliphatic carbocycles. The smallest absolute Gasteiger partial charge is 0.191 e. The Bertz CT molecular complexity index is 2220. The van der Waals surface area contributed by atoms with Gasteiger partial charge in [-0.3, -0.25) is 4.57 Å². The number of fused-ring (bicyclic) bond motifs is 3. The molecular weight excluding hydrogens is 537 g/mol. The monoisotopic (exact) mass is 563 g/mol. The molecule has 0 saturated heterocycles. The highest BCUT2D eigenvalue weighted by molar-refractivity contribution is 6.09. The third-order valence-corrected chi connectivity index (χ3v) is 7.66. The number of nitrogens with zero attached hydrogens (tertiary/aromatic N) is 5. The van der Waals surface area contributed by atoms with E-state index in [1.807, 2.05) is 70.8 Å². The lowest BCUT2D eigenvalue weighted by Crippen LogP contribution is -1.98. The maximum Gasteiger partial charge on any atom is 0.191 e. The van der Waals surface area contributed by atoms with Gasteiger partial charge in [-0.1, -0.05) is 18.2 Å². The van der Waals surface area contributed by atoms with Crippen LogP contribution in [0.2, 0.25) is 0 Å². The first kappa shape index (κ1) is 26.2. The third-order valence-electron chi connectivity index (χ3n) is 7.66. The number of pyridine rings is 1. The molecule has 208 valence electrons. The molecule has 0 aliphatic rings. The number of para-hydroxylation sites is 1. The van der Waals surface area contributed by atoms with Gasteiger partial charge in [0.15, 0.2) is 5.69 Å². The highest BCUT2D eigenvalue weighted by Gasteiger charge is 2.16. The Labute approximate surface area is 248 Å². The Hall–Kier alpha value is -5.74. The molecule has 0 spiro atoms. The van der Waals surface area contributed by atoms with Gasteiger partial charge >= 0.3 is 0 Å². The number of halogens is 1. The number of benzene rings is 4. The summed E-state index contributed by atoms with van der Waals surface area (Å²) in [6, 6.07) is 26.1. The molecule has 3 aromatic heterocycles. The second-order valence-electron chi connectivity index (χ2n) is 10.7. The summed E-state index contributed by atoms with van der Waals surface area (Å²) in [5.41, 5.74) is 7.97. The normalized spacial score (nSPS) is 11.2. The SMILES string of the molecule is [C-]#[N+]c1cc(Oc2ccc3c4ccc(F)cc4n(-c4cc(C)ccn4)c3c2)cc(-c2cn(-c3c(C)cccc3C)cn2)c1. The van der Waals surface area contributed by atoms with Crippen molar-refractivity contribution in [1.82, 2.24) is 19.1 Å². The van der Waals surface area contributed by atoms with E-state index in [2.05, 4.69) is 40.8 Å². The number of aromatic nitrogens is 4. The first-order valence-electron chi connectivity index (χ1n) is 13.9. The van der Waals surface area contributed by atoms with E-state index in [0.717, 1.165) is 55.4 Å². The van der Waals surface area contributed by atoms with Crippen molar-refractivity contribution in [2.24, 2.45) is 0 Å². The van der Waals surface area contributed by atoms with Crippen molar-refractivity contribution in [2.75, 3.05) is 0 Å². The van der Waals surface area contributed by atoms with Gasteiger partial charge in [-0.2, -0.15) is 0 Å². The average molecular weight is 564 g/mol. The van der Waals surface area contributed by atoms with Crippen molar-refractivity contribution in [2.45, 2.75) is 20.8 Å². The molecule has 0 unspecified atom stereocenters. The fourth-order valence-corrected chi connectivity index (χ4v) is 5.72. The lowest BCUT2D eigenvalue weighted by Gasteiger charge is -2.11. The van der Waals surface area contributed by atoms with Crippen LogP contribution in [-0.4, -0.2) is 19.1 Å². The molecule has 0 amide bonds. The minimum Gasteiger partial charge on any atom is -0.459 e. The lowest BCUT2D eigenvalue weighted by atomic mass is 10.1. The van der Waals surface area contributed by atoms with Gasteiger partial charge in [0.05, 0.1) is 35.3 Å². The van der Waals surface area contributed by atoms with Gasteiger partial charge in [0.1, 0.15) is 23.1 Å². The molecule has 6 nitrogen and oxygen atoms in total. The summed E-state index contributed by atoms with van der Waals surface area (Å²) in [5.74, 6) is 1.48. The first-order chi connectivity index (χ1) is 20.9. The van der Waals surface area contributed by atoms with E-state index in [1.165, 1.54) is 12.1 Å². The second-order valence-corrected chi connectivity index (χ2v) is 10.7. The highest BCUT2D eigenvalue weighted by Crippen LogP contribution is 2.37. The van der Waals surface area contributed by atoms with E-state index in [1.54, 1.807) is 24.7 Å². The maximum absolute atomic E-state index is 14.4. The van der Waals surface area contributed by atoms with Crippen LogP contribution in [0.4, 0.5) is 10.1 Å². The summed E-state index contributed by atoms with van der Waals surface area (Å²) >= 11 is 0. The standard InChI is InChI=1S/C36H26FN5O/c1-22-12-13-39-35(14-22)42-33-17-26(37)8-10-30(33)31-11-9-28(19-34(31)42)43-29-16-25(15-27(18-29)38-4)32-20-41(21-40-32)36-23(2)6-5-7-24(36)3/h5-21H,1-3H3. The summed E-state index contributed by atoms with van der Waals surface area (Å²) in [5, 5.41) is 1.88. The molecule has 0 aliphatic heterocycles. The Morgan fingerprint density at radius 3 is 2.33 bits per heavy atom. The zero-order chi connectivity index (χ0) is 29.7. The second kappa shape index (κ2) is 10.3. The molecule has 0 atom stereocenters. The van der Waals surface area contributed by atoms with Crippen LogP contribution in [0.15, 0.2) is 104 Å². The first-order valence-corrected chi connectivity index (χ1v) is 13.9. The van der Waals surface area contributed by atoms with Gasteiger partial charge in [0.2, 0.25) is 0 Å². The molecule has 3 heterocycles. The zero-order valence-electron chi connectivity index (χ0n) is 23.8. The minimum absolute atomic E-state index is 0.316. The van der Waals surface area contributed by atoms with E-state index in [0.29, 0.717) is 23.0 Å². The van der Waals surface area contributed by atoms with E-state index in [9.17, 15) is 4.39 Å². The van der Waals surface area contributed by atoms with Crippen LogP contribution >= 0.6 is 0 Å². The van der Waals surface area contributed by atoms with Crippen LogP contribution < -0.4 is 4.74 Å². The van der Waals surface area contributed by atoms with Crippen LogP contribution in [0, 0.1) is 33.2 Å². The summed E-state index contributed by atoms with van der Waals surface area (Å²) in [4.78, 5) is 12.9. The molecule has 7 rings (SSSR count). The molecule has 7 heteroatoms. The van der Waals surface area contributed by atoms with Gasteiger partial charge in [0.25, 0.3) is 0 Å². The molecule has 43 heavy (non-hydrogen) atoms. The largest absolute Gasteiger partial charge is 0.459 e. The van der Waals surface area contributed by atoms with Gasteiger partial charge in [0, 0.05) is 29.2 Å². The van der Waals surface area contributed by atoms with Gasteiger partial charge in [-0.25, -0.2) is 19.2 Å². The van der Waals surface area contributed by atoms with Gasteiger partial charge in [-0.05, 0) is 104 Å². The average Bonchev–Trinajstić information content (AvgIpc) is 3.59. The van der Waals surface area contributed by atoms with Gasteiger partial charge in [-0.15, -0.1) is 0 Å². The molecule has 0 bridgehead atoms. The van der Waals surface area contributed by atoms with Crippen molar-refractivity contribution in [1.29, 1.82) is 0 Å². The van der Waals surface area contributed by atoms with Crippen molar-refractivity contribution in [3.8, 4) is 34.3 Å². The Balaban J connectivity index is 1.31. The predicted molar refractivity (Wildman–Crippen MR) is 168 cm³/mol. The fraction of sp³-hybridized carbons (Fsp3) is 0.0833. The molecule has 0 saturated carbocycles. The van der Waals surface area contributed by atoms with E-state index >= 15 is 0 Å². The number of aryl methyl sites for hydroxylation is 3. The summed E-state index contributed by atoms with van der Waals surface area (Å²) in [6.07, 6.45) is 5.52. The molecule has 7 aromatic rings. The van der Waals surface area contributed by atoms with E-state index < -0.39 is 0 Å². The Morgan fingerprint density at radius 2 is 1.56 bits per heavy atom. The summed E-state index contributed by atoms with van der Waals surface area (Å²) in [7, 11) is 0. The Morgan fingerprint density at radius 1 is 0.791 bits per heavy atom. The number of hydrogen-bond donors (Lipinski definition) is 0. The molecule has 0 radical (unpaired) electrons. The van der Waals surface area contributed by atoms with Crippen LogP contribution in [0.5, 0.6) is 11.5 Å². The molecule has 0 N–H and O–H groups in total. The highest BCUT2D eigenvalue weighted by atomic mass is 19.1. The quantitative estimate of drug-likeness (QED) is 0.196. The van der Waals surface area contributed by atoms with Crippen molar-refractivity contribution < 1.29 is 9.13 Å². The number of imidazole rings is 1. The molecule has 0 fully saturated rings. The lowest BCUT2D eigenvalue weighted by molar-refractivity contribution is 0.484. The van der Waals surface area contributed by atoms with Crippen molar-refractivity contribution >= 4 is 27.5 Å². The van der Waals surface area contributed by atoms with Crippen LogP contribution in [0.25, 0.3) is 49.4 Å². The summed E-state index contributed by atoms with van der Waals surface area (Å²) < 4.78 is 24.7. The van der Waals surface area contributed by atoms with E-state index in [4.69, 9.17) is 11.3 Å². The van der Waals surface area contributed by atoms with E-state index in [-0.39, 0.29) is 5.82 Å². The van der Waals surface area contributed by atoms with Crippen LogP contribution in [-0.2, 0) is 0 Å². The van der Waals surface area contributed by atoms with Crippen molar-refractivity contribution in [3.63, 3.8) is 0 Å². The fourth-order valence-electron chi connectivity index (χ4n) is 5.72. The minimum atomic E-state index is -0.316. The van der Waals surface area contributed by atoms with Crippen LogP contribution in [0.3, 0.4) is 0 Å². The number of ether oxygens (including phenoxy) is 1. The van der Waals surface area contributed by atoms with Crippen molar-refractivity contribution in [3.05, 3.63) is 138 Å². The molecular formula is C36H26FN5O. The Kier molecular flexibility index (Phi) is 6.25. The molecule has 4 aromatic carbocycles. The maximum atomic E-state index is 14.4. The number of hydrogen-bond acceptors (Lipinski definition) is 3.